The second-order valence-corrected chi connectivity index (χ2v) is 8.73. The Kier molecular flexibility index (Phi) is 5.37. The first-order valence-corrected chi connectivity index (χ1v) is 11.1. The number of aromatic carboxylic acids is 1. The van der Waals surface area contributed by atoms with Gasteiger partial charge in [-0.05, 0) is 60.9 Å². The molecule has 5 rings (SSSR count). The fourth-order valence-electron chi connectivity index (χ4n) is 4.10. The number of hydrogen-bond acceptors (Lipinski definition) is 5. The van der Waals surface area contributed by atoms with E-state index in [1.54, 1.807) is 35.5 Å². The fourth-order valence-corrected chi connectivity index (χ4v) is 4.27. The molecule has 1 aliphatic heterocycles. The number of halogens is 1. The van der Waals surface area contributed by atoms with E-state index >= 15 is 0 Å². The van der Waals surface area contributed by atoms with Gasteiger partial charge in [-0.2, -0.15) is 0 Å². The smallest absolute Gasteiger partial charge is 0.336 e. The van der Waals surface area contributed by atoms with Gasteiger partial charge in [0.15, 0.2) is 5.82 Å². The first-order valence-electron chi connectivity index (χ1n) is 10.7. The van der Waals surface area contributed by atoms with Crippen molar-refractivity contribution in [1.82, 2.24) is 19.7 Å². The van der Waals surface area contributed by atoms with E-state index in [2.05, 4.69) is 10.2 Å². The number of hydrogen-bond donors (Lipinski definition) is 1. The molecule has 4 aromatic rings. The molecule has 9 heteroatoms. The summed E-state index contributed by atoms with van der Waals surface area (Å²) in [5.41, 5.74) is 3.20. The molecule has 170 valence electrons. The van der Waals surface area contributed by atoms with Crippen LogP contribution in [0.4, 0.5) is 5.82 Å². The molecule has 0 spiro atoms. The molecule has 0 radical (unpaired) electrons. The van der Waals surface area contributed by atoms with Gasteiger partial charge < -0.3 is 9.67 Å². The third kappa shape index (κ3) is 3.72. The predicted octanol–water partition coefficient (Wildman–Crippen LogP) is 5.10. The van der Waals surface area contributed by atoms with Crippen molar-refractivity contribution in [2.45, 2.75) is 26.4 Å². The molecule has 2 aromatic carbocycles. The van der Waals surface area contributed by atoms with Crippen molar-refractivity contribution in [3.05, 3.63) is 82.6 Å². The number of amides is 1. The van der Waals surface area contributed by atoms with Gasteiger partial charge in [0.25, 0.3) is 5.91 Å². The summed E-state index contributed by atoms with van der Waals surface area (Å²) < 4.78 is 1.92. The number of carbonyl (C=O) groups is 2. The van der Waals surface area contributed by atoms with Crippen LogP contribution >= 0.6 is 11.6 Å². The van der Waals surface area contributed by atoms with Gasteiger partial charge in [-0.15, -0.1) is 10.2 Å². The van der Waals surface area contributed by atoms with Crippen LogP contribution < -0.4 is 4.90 Å². The van der Waals surface area contributed by atoms with Crippen LogP contribution in [0.2, 0.25) is 5.02 Å². The van der Waals surface area contributed by atoms with E-state index in [0.717, 1.165) is 5.56 Å². The Labute approximate surface area is 200 Å². The van der Waals surface area contributed by atoms with Crippen molar-refractivity contribution in [1.29, 1.82) is 0 Å². The summed E-state index contributed by atoms with van der Waals surface area (Å²) in [7, 11) is 0. The summed E-state index contributed by atoms with van der Waals surface area (Å²) in [6.45, 7) is 4.44. The van der Waals surface area contributed by atoms with Gasteiger partial charge >= 0.3 is 5.97 Å². The SMILES string of the molecule is CC(C)n1cnnc1-c1cccc(N2Cc3ccc(-c4ccc(Cl)cc4C(=O)O)cc3C2=O)n1. The van der Waals surface area contributed by atoms with Gasteiger partial charge in [0.05, 0.1) is 12.1 Å². The summed E-state index contributed by atoms with van der Waals surface area (Å²) in [6, 6.07) is 15.7. The lowest BCUT2D eigenvalue weighted by atomic mass is 9.96. The van der Waals surface area contributed by atoms with Crippen molar-refractivity contribution in [2.75, 3.05) is 4.90 Å². The van der Waals surface area contributed by atoms with Crippen LogP contribution in [0.5, 0.6) is 0 Å². The monoisotopic (exact) mass is 473 g/mol. The number of carboxylic acid groups (broad SMARTS) is 1. The lowest BCUT2D eigenvalue weighted by Crippen LogP contribution is -2.24. The molecule has 0 saturated carbocycles. The Hall–Kier alpha value is -4.04. The van der Waals surface area contributed by atoms with E-state index in [-0.39, 0.29) is 17.5 Å². The van der Waals surface area contributed by atoms with Gasteiger partial charge in [0.2, 0.25) is 0 Å². The fraction of sp³-hybridized carbons (Fsp3) is 0.160. The Morgan fingerprint density at radius 2 is 1.91 bits per heavy atom. The standard InChI is InChI=1S/C25H20ClN5O3/c1-14(2)31-13-27-29-23(31)21-4-3-5-22(28-21)30-12-16-7-6-15(10-19(16)24(30)32)18-9-8-17(26)11-20(18)25(33)34/h3-11,13-14H,12H2,1-2H3,(H,33,34). The van der Waals surface area contributed by atoms with Gasteiger partial charge in [-0.1, -0.05) is 35.9 Å². The molecule has 0 unspecified atom stereocenters. The Balaban J connectivity index is 1.50. The molecule has 0 saturated heterocycles. The number of pyridine rings is 1. The van der Waals surface area contributed by atoms with Crippen LogP contribution in [0, 0.1) is 0 Å². The quantitative estimate of drug-likeness (QED) is 0.432. The van der Waals surface area contributed by atoms with E-state index in [9.17, 15) is 14.7 Å². The zero-order valence-corrected chi connectivity index (χ0v) is 19.2. The number of nitrogens with zero attached hydrogens (tertiary/aromatic N) is 5. The number of fused-ring (bicyclic) bond motifs is 1. The van der Waals surface area contributed by atoms with Gasteiger partial charge in [-0.3, -0.25) is 9.69 Å². The molecule has 3 heterocycles. The summed E-state index contributed by atoms with van der Waals surface area (Å²) in [5, 5.41) is 18.1. The van der Waals surface area contributed by atoms with Crippen LogP contribution in [0.25, 0.3) is 22.6 Å². The van der Waals surface area contributed by atoms with Gasteiger partial charge in [-0.25, -0.2) is 9.78 Å². The number of anilines is 1. The molecule has 0 bridgehead atoms. The summed E-state index contributed by atoms with van der Waals surface area (Å²) in [6.07, 6.45) is 1.66. The van der Waals surface area contributed by atoms with Crippen molar-refractivity contribution in [2.24, 2.45) is 0 Å². The minimum absolute atomic E-state index is 0.0818. The first kappa shape index (κ1) is 21.8. The molecule has 0 aliphatic carbocycles. The second-order valence-electron chi connectivity index (χ2n) is 8.29. The highest BCUT2D eigenvalue weighted by Gasteiger charge is 2.30. The minimum atomic E-state index is -1.08. The zero-order valence-electron chi connectivity index (χ0n) is 18.4. The number of benzene rings is 2. The minimum Gasteiger partial charge on any atom is -0.478 e. The lowest BCUT2D eigenvalue weighted by Gasteiger charge is -2.16. The predicted molar refractivity (Wildman–Crippen MR) is 128 cm³/mol. The third-order valence-corrected chi connectivity index (χ3v) is 6.04. The molecular weight excluding hydrogens is 454 g/mol. The molecule has 1 N–H and O–H groups in total. The zero-order chi connectivity index (χ0) is 24.0. The van der Waals surface area contributed by atoms with Crippen LogP contribution in [-0.2, 0) is 6.54 Å². The van der Waals surface area contributed by atoms with Crippen LogP contribution in [0.15, 0.2) is 60.9 Å². The normalized spacial score (nSPS) is 12.9. The lowest BCUT2D eigenvalue weighted by molar-refractivity contribution is 0.0697. The number of carboxylic acids is 1. The van der Waals surface area contributed by atoms with Crippen molar-refractivity contribution in [3.8, 4) is 22.6 Å². The Morgan fingerprint density at radius 1 is 1.09 bits per heavy atom. The number of carbonyl (C=O) groups excluding carboxylic acids is 1. The Bertz CT molecular complexity index is 1450. The molecule has 0 atom stereocenters. The maximum Gasteiger partial charge on any atom is 0.336 e. The molecule has 1 aliphatic rings. The van der Waals surface area contributed by atoms with E-state index < -0.39 is 5.97 Å². The topological polar surface area (TPSA) is 101 Å². The summed E-state index contributed by atoms with van der Waals surface area (Å²) >= 11 is 5.99. The highest BCUT2D eigenvalue weighted by atomic mass is 35.5. The van der Waals surface area contributed by atoms with E-state index in [0.29, 0.717) is 45.6 Å². The van der Waals surface area contributed by atoms with E-state index in [1.165, 1.54) is 6.07 Å². The molecular formula is C25H20ClN5O3. The largest absolute Gasteiger partial charge is 0.478 e. The molecule has 8 nitrogen and oxygen atoms in total. The number of aromatic nitrogens is 4. The first-order chi connectivity index (χ1) is 16.3. The maximum atomic E-state index is 13.3. The van der Waals surface area contributed by atoms with Gasteiger partial charge in [0.1, 0.15) is 17.8 Å². The van der Waals surface area contributed by atoms with E-state index in [1.807, 2.05) is 42.7 Å². The number of rotatable bonds is 5. The second kappa shape index (κ2) is 8.39. The van der Waals surface area contributed by atoms with Crippen LogP contribution in [0.3, 0.4) is 0 Å². The summed E-state index contributed by atoms with van der Waals surface area (Å²) in [5.74, 6) is -0.137. The van der Waals surface area contributed by atoms with Crippen LogP contribution in [0.1, 0.15) is 46.2 Å². The highest BCUT2D eigenvalue weighted by Crippen LogP contribution is 2.33. The van der Waals surface area contributed by atoms with Crippen molar-refractivity contribution in [3.63, 3.8) is 0 Å². The molecule has 34 heavy (non-hydrogen) atoms. The summed E-state index contributed by atoms with van der Waals surface area (Å²) in [4.78, 5) is 31.4. The highest BCUT2D eigenvalue weighted by molar-refractivity contribution is 6.31. The Morgan fingerprint density at radius 3 is 2.68 bits per heavy atom. The maximum absolute atomic E-state index is 13.3. The molecule has 1 amide bonds. The molecule has 0 fully saturated rings. The van der Waals surface area contributed by atoms with Gasteiger partial charge in [0, 0.05) is 16.6 Å². The average molecular weight is 474 g/mol. The van der Waals surface area contributed by atoms with Crippen molar-refractivity contribution >= 4 is 29.3 Å². The molecule has 2 aromatic heterocycles. The van der Waals surface area contributed by atoms with E-state index in [4.69, 9.17) is 16.6 Å². The van der Waals surface area contributed by atoms with Crippen LogP contribution in [-0.4, -0.2) is 36.7 Å². The van der Waals surface area contributed by atoms with Crippen molar-refractivity contribution < 1.29 is 14.7 Å². The third-order valence-electron chi connectivity index (χ3n) is 5.81. The average Bonchev–Trinajstić information content (AvgIpc) is 3.44.